The maximum atomic E-state index is 4.57. The molecule has 0 unspecified atom stereocenters. The van der Waals surface area contributed by atoms with Crippen molar-refractivity contribution >= 4 is 0 Å². The molecular formula is C13H19N5. The summed E-state index contributed by atoms with van der Waals surface area (Å²) in [6.07, 6.45) is 7.42. The highest BCUT2D eigenvalue weighted by molar-refractivity contribution is 5.43. The van der Waals surface area contributed by atoms with Gasteiger partial charge in [0, 0.05) is 36.4 Å². The van der Waals surface area contributed by atoms with E-state index in [1.54, 1.807) is 12.4 Å². The standard InChI is InChI=1S/C13H19N5/c1-3-5-14-8-10-9-17-13(18-11(10)4-2)12-15-6-7-16-12/h6-7,9,14H,3-5,8H2,1-2H3,(H,15,16). The molecule has 5 heteroatoms. The lowest BCUT2D eigenvalue weighted by Crippen LogP contribution is -2.16. The highest BCUT2D eigenvalue weighted by atomic mass is 15.0. The smallest absolute Gasteiger partial charge is 0.195 e. The number of aromatic nitrogens is 4. The van der Waals surface area contributed by atoms with E-state index in [-0.39, 0.29) is 0 Å². The van der Waals surface area contributed by atoms with Crippen LogP contribution in [0.15, 0.2) is 18.6 Å². The van der Waals surface area contributed by atoms with E-state index in [2.05, 4.69) is 39.1 Å². The molecule has 2 heterocycles. The van der Waals surface area contributed by atoms with E-state index >= 15 is 0 Å². The van der Waals surface area contributed by atoms with Crippen molar-refractivity contribution in [3.63, 3.8) is 0 Å². The number of aryl methyl sites for hydroxylation is 1. The van der Waals surface area contributed by atoms with E-state index in [0.29, 0.717) is 5.82 Å². The minimum atomic E-state index is 0.663. The molecule has 0 aliphatic rings. The molecule has 0 spiro atoms. The maximum absolute atomic E-state index is 4.57. The Morgan fingerprint density at radius 3 is 2.83 bits per heavy atom. The third-order valence-corrected chi connectivity index (χ3v) is 2.74. The van der Waals surface area contributed by atoms with E-state index in [9.17, 15) is 0 Å². The monoisotopic (exact) mass is 245 g/mol. The Balaban J connectivity index is 2.18. The van der Waals surface area contributed by atoms with Crippen LogP contribution in [0.4, 0.5) is 0 Å². The molecule has 0 bridgehead atoms. The summed E-state index contributed by atoms with van der Waals surface area (Å²) >= 11 is 0. The highest BCUT2D eigenvalue weighted by Crippen LogP contribution is 2.12. The second-order valence-electron chi connectivity index (χ2n) is 4.13. The Kier molecular flexibility index (Phi) is 4.41. The van der Waals surface area contributed by atoms with Gasteiger partial charge in [-0.15, -0.1) is 0 Å². The van der Waals surface area contributed by atoms with Gasteiger partial charge in [-0.1, -0.05) is 13.8 Å². The predicted molar refractivity (Wildman–Crippen MR) is 71.0 cm³/mol. The summed E-state index contributed by atoms with van der Waals surface area (Å²) < 4.78 is 0. The average Bonchev–Trinajstić information content (AvgIpc) is 2.93. The van der Waals surface area contributed by atoms with Gasteiger partial charge in [0.15, 0.2) is 11.6 Å². The van der Waals surface area contributed by atoms with Crippen LogP contribution in [0.3, 0.4) is 0 Å². The molecule has 0 aliphatic carbocycles. The normalized spacial score (nSPS) is 10.8. The van der Waals surface area contributed by atoms with E-state index in [1.807, 2.05) is 6.20 Å². The summed E-state index contributed by atoms with van der Waals surface area (Å²) in [5.41, 5.74) is 2.25. The lowest BCUT2D eigenvalue weighted by Gasteiger charge is -2.08. The van der Waals surface area contributed by atoms with Crippen molar-refractivity contribution < 1.29 is 0 Å². The third-order valence-electron chi connectivity index (χ3n) is 2.74. The number of aromatic amines is 1. The number of imidazole rings is 1. The Labute approximate surface area is 107 Å². The maximum Gasteiger partial charge on any atom is 0.195 e. The molecule has 96 valence electrons. The lowest BCUT2D eigenvalue weighted by atomic mass is 10.2. The van der Waals surface area contributed by atoms with Crippen LogP contribution in [0.25, 0.3) is 11.6 Å². The summed E-state index contributed by atoms with van der Waals surface area (Å²) in [6.45, 7) is 6.11. The van der Waals surface area contributed by atoms with Crippen molar-refractivity contribution in [3.8, 4) is 11.6 Å². The molecule has 0 radical (unpaired) electrons. The Bertz CT molecular complexity index is 478. The van der Waals surface area contributed by atoms with Crippen LogP contribution in [0.2, 0.25) is 0 Å². The minimum absolute atomic E-state index is 0.663. The van der Waals surface area contributed by atoms with E-state index in [4.69, 9.17) is 0 Å². The zero-order chi connectivity index (χ0) is 12.8. The van der Waals surface area contributed by atoms with Crippen LogP contribution < -0.4 is 5.32 Å². The first kappa shape index (κ1) is 12.7. The first-order chi connectivity index (χ1) is 8.85. The molecule has 2 aromatic rings. The number of rotatable bonds is 6. The molecule has 0 atom stereocenters. The summed E-state index contributed by atoms with van der Waals surface area (Å²) in [7, 11) is 0. The number of nitrogens with zero attached hydrogens (tertiary/aromatic N) is 3. The van der Waals surface area contributed by atoms with Crippen molar-refractivity contribution in [3.05, 3.63) is 29.8 Å². The molecule has 2 rings (SSSR count). The van der Waals surface area contributed by atoms with E-state index in [1.165, 1.54) is 5.56 Å². The number of hydrogen-bond acceptors (Lipinski definition) is 4. The zero-order valence-electron chi connectivity index (χ0n) is 10.9. The summed E-state index contributed by atoms with van der Waals surface area (Å²) in [6, 6.07) is 0. The third kappa shape index (κ3) is 2.92. The summed E-state index contributed by atoms with van der Waals surface area (Å²) in [5.74, 6) is 1.38. The zero-order valence-corrected chi connectivity index (χ0v) is 10.9. The van der Waals surface area contributed by atoms with Crippen LogP contribution in [0.1, 0.15) is 31.5 Å². The number of H-pyrrole nitrogens is 1. The van der Waals surface area contributed by atoms with Gasteiger partial charge in [-0.05, 0) is 19.4 Å². The SMILES string of the molecule is CCCNCc1cnc(-c2ncc[nH]2)nc1CC. The second-order valence-corrected chi connectivity index (χ2v) is 4.13. The Morgan fingerprint density at radius 2 is 2.17 bits per heavy atom. The second kappa shape index (κ2) is 6.26. The van der Waals surface area contributed by atoms with Crippen molar-refractivity contribution in [1.82, 2.24) is 25.3 Å². The van der Waals surface area contributed by atoms with Gasteiger partial charge in [0.2, 0.25) is 0 Å². The minimum Gasteiger partial charge on any atom is -0.342 e. The van der Waals surface area contributed by atoms with Crippen molar-refractivity contribution in [2.45, 2.75) is 33.2 Å². The van der Waals surface area contributed by atoms with Crippen molar-refractivity contribution in [1.29, 1.82) is 0 Å². The van der Waals surface area contributed by atoms with Gasteiger partial charge in [0.1, 0.15) is 0 Å². The first-order valence-electron chi connectivity index (χ1n) is 6.40. The topological polar surface area (TPSA) is 66.5 Å². The van der Waals surface area contributed by atoms with E-state index in [0.717, 1.165) is 37.4 Å². The van der Waals surface area contributed by atoms with Crippen molar-refractivity contribution in [2.24, 2.45) is 0 Å². The fourth-order valence-electron chi connectivity index (χ4n) is 1.80. The molecule has 0 aromatic carbocycles. The van der Waals surface area contributed by atoms with Gasteiger partial charge in [0.25, 0.3) is 0 Å². The van der Waals surface area contributed by atoms with Crippen LogP contribution >= 0.6 is 0 Å². The molecule has 18 heavy (non-hydrogen) atoms. The Hall–Kier alpha value is -1.75. The van der Waals surface area contributed by atoms with Gasteiger partial charge >= 0.3 is 0 Å². The molecule has 2 aromatic heterocycles. The molecule has 0 fully saturated rings. The fourth-order valence-corrected chi connectivity index (χ4v) is 1.80. The summed E-state index contributed by atoms with van der Waals surface area (Å²) in [4.78, 5) is 16.1. The van der Waals surface area contributed by atoms with Crippen LogP contribution in [-0.2, 0) is 13.0 Å². The molecule has 5 nitrogen and oxygen atoms in total. The molecule has 0 amide bonds. The molecule has 0 saturated carbocycles. The first-order valence-corrected chi connectivity index (χ1v) is 6.40. The predicted octanol–water partition coefficient (Wildman–Crippen LogP) is 1.93. The number of nitrogens with one attached hydrogen (secondary N) is 2. The number of hydrogen-bond donors (Lipinski definition) is 2. The molecule has 0 aliphatic heterocycles. The average molecular weight is 245 g/mol. The van der Waals surface area contributed by atoms with Crippen molar-refractivity contribution in [2.75, 3.05) is 6.54 Å². The van der Waals surface area contributed by atoms with Gasteiger partial charge in [-0.25, -0.2) is 15.0 Å². The molecule has 0 saturated heterocycles. The quantitative estimate of drug-likeness (QED) is 0.763. The van der Waals surface area contributed by atoms with Gasteiger partial charge in [-0.2, -0.15) is 0 Å². The largest absolute Gasteiger partial charge is 0.342 e. The van der Waals surface area contributed by atoms with Crippen LogP contribution in [-0.4, -0.2) is 26.5 Å². The van der Waals surface area contributed by atoms with Gasteiger partial charge in [0.05, 0.1) is 0 Å². The fraction of sp³-hybridized carbons (Fsp3) is 0.462. The lowest BCUT2D eigenvalue weighted by molar-refractivity contribution is 0.666. The highest BCUT2D eigenvalue weighted by Gasteiger charge is 2.08. The van der Waals surface area contributed by atoms with Gasteiger partial charge in [-0.3, -0.25) is 0 Å². The summed E-state index contributed by atoms with van der Waals surface area (Å²) in [5, 5.41) is 3.38. The van der Waals surface area contributed by atoms with Gasteiger partial charge < -0.3 is 10.3 Å². The Morgan fingerprint density at radius 1 is 1.28 bits per heavy atom. The van der Waals surface area contributed by atoms with Crippen LogP contribution in [0, 0.1) is 0 Å². The van der Waals surface area contributed by atoms with E-state index < -0.39 is 0 Å². The van der Waals surface area contributed by atoms with Crippen LogP contribution in [0.5, 0.6) is 0 Å². The molecular weight excluding hydrogens is 226 g/mol. The molecule has 2 N–H and O–H groups in total.